The lowest BCUT2D eigenvalue weighted by molar-refractivity contribution is -0.163. The molecule has 0 fully saturated rings. The maximum Gasteiger partial charge on any atom is 0.308 e. The smallest absolute Gasteiger partial charge is 0.308 e. The highest BCUT2D eigenvalue weighted by atomic mass is 16.6. The summed E-state index contributed by atoms with van der Waals surface area (Å²) in [6.45, 7) is 4.32. The van der Waals surface area contributed by atoms with Crippen molar-refractivity contribution < 1.29 is 52.5 Å². The standard InChI is InChI=1S/C28H24O11/c1-12(29)36-11-16-9-18-21(20(10-16)37-13(2)30)23-24(28(39-15(4)32)27(18)38-14(3)31)26(34)22-17(25(23)33)7-6-8-19(22)35-5/h6-10,27-28H,11H2,1-5H3. The first-order chi connectivity index (χ1) is 18.4. The number of methoxy groups -OCH3 is 1. The fourth-order valence-corrected chi connectivity index (χ4v) is 4.76. The van der Waals surface area contributed by atoms with E-state index in [0.29, 0.717) is 5.56 Å². The Balaban J connectivity index is 2.10. The lowest BCUT2D eigenvalue weighted by atomic mass is 9.71. The number of Topliss-reactive ketones (excluding diaryl/α,β-unsaturated/α-hetero) is 2. The van der Waals surface area contributed by atoms with Gasteiger partial charge in [0.1, 0.15) is 18.1 Å². The van der Waals surface area contributed by atoms with Crippen LogP contribution < -0.4 is 9.47 Å². The number of esters is 4. The molecule has 2 aliphatic carbocycles. The Morgan fingerprint density at radius 2 is 1.44 bits per heavy atom. The Morgan fingerprint density at radius 3 is 2.03 bits per heavy atom. The van der Waals surface area contributed by atoms with Gasteiger partial charge >= 0.3 is 23.9 Å². The Morgan fingerprint density at radius 1 is 0.769 bits per heavy atom. The summed E-state index contributed by atoms with van der Waals surface area (Å²) in [6, 6.07) is 7.34. The number of allylic oxidation sites excluding steroid dienone is 1. The average molecular weight is 536 g/mol. The molecule has 202 valence electrons. The number of carbonyl (C=O) groups excluding carboxylic acids is 6. The summed E-state index contributed by atoms with van der Waals surface area (Å²) < 4.78 is 26.9. The highest BCUT2D eigenvalue weighted by molar-refractivity contribution is 6.42. The molecule has 0 aliphatic heterocycles. The van der Waals surface area contributed by atoms with Gasteiger partial charge in [-0.2, -0.15) is 0 Å². The van der Waals surface area contributed by atoms with Gasteiger partial charge in [-0.1, -0.05) is 12.1 Å². The maximum absolute atomic E-state index is 14.0. The summed E-state index contributed by atoms with van der Waals surface area (Å²) in [5, 5.41) is 0. The molecule has 2 aromatic carbocycles. The molecular formula is C28H24O11. The van der Waals surface area contributed by atoms with Crippen LogP contribution in [0.4, 0.5) is 0 Å². The zero-order chi connectivity index (χ0) is 28.6. The van der Waals surface area contributed by atoms with Crippen molar-refractivity contribution in [1.29, 1.82) is 0 Å². The van der Waals surface area contributed by atoms with Crippen LogP contribution in [0.25, 0.3) is 5.57 Å². The Labute approximate surface area is 222 Å². The van der Waals surface area contributed by atoms with E-state index in [2.05, 4.69) is 0 Å². The molecule has 0 N–H and O–H groups in total. The topological polar surface area (TPSA) is 149 Å². The molecule has 0 amide bonds. The van der Waals surface area contributed by atoms with Crippen LogP contribution in [0.1, 0.15) is 71.2 Å². The van der Waals surface area contributed by atoms with E-state index in [4.69, 9.17) is 23.7 Å². The quantitative estimate of drug-likeness (QED) is 0.305. The van der Waals surface area contributed by atoms with Crippen molar-refractivity contribution in [3.63, 3.8) is 0 Å². The second-order valence-electron chi connectivity index (χ2n) is 8.82. The average Bonchev–Trinajstić information content (AvgIpc) is 2.85. The predicted molar refractivity (Wildman–Crippen MR) is 132 cm³/mol. The first-order valence-electron chi connectivity index (χ1n) is 11.8. The molecule has 0 saturated heterocycles. The number of fused-ring (bicyclic) bond motifs is 3. The molecule has 39 heavy (non-hydrogen) atoms. The van der Waals surface area contributed by atoms with Crippen LogP contribution in [0, 0.1) is 0 Å². The summed E-state index contributed by atoms with van der Waals surface area (Å²) in [5.41, 5.74) is -0.0231. The van der Waals surface area contributed by atoms with Crippen LogP contribution in [0.2, 0.25) is 0 Å². The highest BCUT2D eigenvalue weighted by Gasteiger charge is 2.50. The Kier molecular flexibility index (Phi) is 7.35. The van der Waals surface area contributed by atoms with Crippen molar-refractivity contribution in [1.82, 2.24) is 0 Å². The molecule has 0 radical (unpaired) electrons. The van der Waals surface area contributed by atoms with Gasteiger partial charge in [0, 0.05) is 50.0 Å². The van der Waals surface area contributed by atoms with E-state index < -0.39 is 47.7 Å². The lowest BCUT2D eigenvalue weighted by Crippen LogP contribution is -2.40. The van der Waals surface area contributed by atoms with E-state index in [0.717, 1.165) is 20.8 Å². The van der Waals surface area contributed by atoms with Crippen LogP contribution >= 0.6 is 0 Å². The van der Waals surface area contributed by atoms with E-state index in [1.54, 1.807) is 6.07 Å². The van der Waals surface area contributed by atoms with E-state index in [-0.39, 0.29) is 51.5 Å². The van der Waals surface area contributed by atoms with Gasteiger partial charge in [0.05, 0.1) is 18.2 Å². The Hall–Kier alpha value is -4.80. The number of benzene rings is 2. The normalized spacial score (nSPS) is 17.4. The van der Waals surface area contributed by atoms with E-state index >= 15 is 0 Å². The van der Waals surface area contributed by atoms with Gasteiger partial charge in [-0.3, -0.25) is 28.8 Å². The van der Waals surface area contributed by atoms with Crippen molar-refractivity contribution >= 4 is 41.0 Å². The molecular weight excluding hydrogens is 512 g/mol. The molecule has 2 aromatic rings. The second kappa shape index (κ2) is 10.5. The summed E-state index contributed by atoms with van der Waals surface area (Å²) >= 11 is 0. The van der Waals surface area contributed by atoms with Crippen molar-refractivity contribution in [2.45, 2.75) is 46.5 Å². The van der Waals surface area contributed by atoms with E-state index in [1.807, 2.05) is 0 Å². The fraction of sp³-hybridized carbons (Fsp3) is 0.286. The van der Waals surface area contributed by atoms with E-state index in [9.17, 15) is 28.8 Å². The van der Waals surface area contributed by atoms with Crippen molar-refractivity contribution in [3.8, 4) is 11.5 Å². The molecule has 0 aromatic heterocycles. The van der Waals surface area contributed by atoms with Gasteiger partial charge in [0.15, 0.2) is 23.8 Å². The molecule has 4 rings (SSSR count). The van der Waals surface area contributed by atoms with Crippen LogP contribution in [0.15, 0.2) is 35.9 Å². The van der Waals surface area contributed by atoms with Crippen LogP contribution in [0.3, 0.4) is 0 Å². The minimum absolute atomic E-state index is 0.00764. The zero-order valence-corrected chi connectivity index (χ0v) is 21.7. The van der Waals surface area contributed by atoms with Crippen LogP contribution in [-0.4, -0.2) is 48.7 Å². The second-order valence-corrected chi connectivity index (χ2v) is 8.82. The largest absolute Gasteiger partial charge is 0.496 e. The SMILES string of the molecule is COc1cccc2c1C(=O)C1=C(C2=O)c2c(OC(C)=O)cc(COC(C)=O)cc2C(OC(C)=O)C1OC(C)=O. The van der Waals surface area contributed by atoms with Gasteiger partial charge < -0.3 is 23.7 Å². The monoisotopic (exact) mass is 536 g/mol. The minimum atomic E-state index is -1.53. The zero-order valence-electron chi connectivity index (χ0n) is 21.7. The first kappa shape index (κ1) is 27.2. The number of rotatable bonds is 6. The molecule has 2 unspecified atom stereocenters. The van der Waals surface area contributed by atoms with Gasteiger partial charge in [0.2, 0.25) is 0 Å². The predicted octanol–water partition coefficient (Wildman–Crippen LogP) is 3.07. The third kappa shape index (κ3) is 5.02. The lowest BCUT2D eigenvalue weighted by Gasteiger charge is -2.37. The summed E-state index contributed by atoms with van der Waals surface area (Å²) in [4.78, 5) is 76.0. The highest BCUT2D eigenvalue weighted by Crippen LogP contribution is 2.50. The number of carbonyl (C=O) groups is 6. The molecule has 0 spiro atoms. The van der Waals surface area contributed by atoms with Gasteiger partial charge in [-0.15, -0.1) is 0 Å². The number of hydrogen-bond acceptors (Lipinski definition) is 11. The third-order valence-electron chi connectivity index (χ3n) is 6.05. The summed E-state index contributed by atoms with van der Waals surface area (Å²) in [7, 11) is 1.34. The maximum atomic E-state index is 14.0. The minimum Gasteiger partial charge on any atom is -0.496 e. The molecule has 0 bridgehead atoms. The first-order valence-corrected chi connectivity index (χ1v) is 11.8. The molecule has 11 nitrogen and oxygen atoms in total. The number of ketones is 2. The third-order valence-corrected chi connectivity index (χ3v) is 6.05. The van der Waals surface area contributed by atoms with Crippen molar-refractivity contribution in [2.24, 2.45) is 0 Å². The molecule has 2 atom stereocenters. The summed E-state index contributed by atoms with van der Waals surface area (Å²) in [5.74, 6) is -4.25. The van der Waals surface area contributed by atoms with Crippen LogP contribution in [-0.2, 0) is 40.0 Å². The van der Waals surface area contributed by atoms with Gasteiger partial charge in [-0.25, -0.2) is 0 Å². The van der Waals surface area contributed by atoms with Crippen molar-refractivity contribution in [2.75, 3.05) is 7.11 Å². The molecule has 0 saturated carbocycles. The molecule has 11 heteroatoms. The van der Waals surface area contributed by atoms with Gasteiger partial charge in [0.25, 0.3) is 0 Å². The Bertz CT molecular complexity index is 1480. The molecule has 2 aliphatic rings. The fourth-order valence-electron chi connectivity index (χ4n) is 4.76. The van der Waals surface area contributed by atoms with Crippen molar-refractivity contribution in [3.05, 3.63) is 63.7 Å². The van der Waals surface area contributed by atoms with E-state index in [1.165, 1.54) is 38.3 Å². The summed E-state index contributed by atoms with van der Waals surface area (Å²) in [6.07, 6.45) is -2.95. The van der Waals surface area contributed by atoms with Crippen LogP contribution in [0.5, 0.6) is 11.5 Å². The van der Waals surface area contributed by atoms with Gasteiger partial charge in [-0.05, 0) is 23.8 Å². The number of ether oxygens (including phenoxy) is 5. The number of hydrogen-bond donors (Lipinski definition) is 0. The molecule has 0 heterocycles.